The van der Waals surface area contributed by atoms with Gasteiger partial charge in [0.1, 0.15) is 36.2 Å². The highest BCUT2D eigenvalue weighted by atomic mass is 16.6. The molecule has 0 saturated heterocycles. The normalized spacial score (nSPS) is 11.6. The maximum Gasteiger partial charge on any atom is 0.119 e. The molecule has 0 spiro atoms. The van der Waals surface area contributed by atoms with Crippen LogP contribution in [-0.2, 0) is 23.7 Å². The largest absolute Gasteiger partial charge is 0.494 e. The summed E-state index contributed by atoms with van der Waals surface area (Å²) in [6.45, 7) is 15.8. The Bertz CT molecular complexity index is 1580. The van der Waals surface area contributed by atoms with Crippen LogP contribution in [0.5, 0.6) is 23.0 Å². The molecule has 320 valence electrons. The van der Waals surface area contributed by atoms with Crippen molar-refractivity contribution in [1.29, 1.82) is 0 Å². The highest BCUT2D eigenvalue weighted by Gasteiger charge is 2.02. The Hall–Kier alpha value is -4.92. The van der Waals surface area contributed by atoms with Gasteiger partial charge in [0, 0.05) is 0 Å². The molecule has 4 rings (SSSR count). The number of nitrogens with zero attached hydrogens (tertiary/aromatic N) is 4. The van der Waals surface area contributed by atoms with Crippen LogP contribution in [0.1, 0.15) is 40.5 Å². The summed E-state index contributed by atoms with van der Waals surface area (Å²) in [5.74, 6) is 4.40. The Morgan fingerprint density at radius 2 is 0.492 bits per heavy atom. The molecule has 0 radical (unpaired) electrons. The molecule has 59 heavy (non-hydrogen) atoms. The van der Waals surface area contributed by atoms with Crippen LogP contribution in [-0.4, -0.2) is 92.5 Å². The van der Waals surface area contributed by atoms with Crippen LogP contribution < -0.4 is 18.9 Å². The summed E-state index contributed by atoms with van der Waals surface area (Å²) in [5.41, 5.74) is 3.01. The lowest BCUT2D eigenvalue weighted by Crippen LogP contribution is -2.15. The summed E-state index contributed by atoms with van der Waals surface area (Å²) in [6, 6.07) is 30.2. The molecule has 0 fully saturated rings. The van der Waals surface area contributed by atoms with Crippen molar-refractivity contribution in [3.05, 3.63) is 97.1 Å². The predicted molar refractivity (Wildman–Crippen MR) is 229 cm³/mol. The van der Waals surface area contributed by atoms with Gasteiger partial charge in [-0.3, -0.25) is 0 Å². The molecule has 4 aromatic carbocycles. The van der Waals surface area contributed by atoms with Gasteiger partial charge in [-0.15, -0.1) is 0 Å². The van der Waals surface area contributed by atoms with Gasteiger partial charge in [-0.25, -0.2) is 0 Å². The zero-order valence-corrected chi connectivity index (χ0v) is 35.2. The van der Waals surface area contributed by atoms with E-state index in [1.165, 1.54) is 0 Å². The van der Waals surface area contributed by atoms with Crippen molar-refractivity contribution in [2.24, 2.45) is 32.3 Å². The van der Waals surface area contributed by atoms with Gasteiger partial charge in [0.15, 0.2) is 0 Å². The molecule has 0 heterocycles. The number of hydrogen-bond donors (Lipinski definition) is 0. The van der Waals surface area contributed by atoms with Gasteiger partial charge in [-0.05, 0) is 122 Å². The second kappa shape index (κ2) is 29.3. The van der Waals surface area contributed by atoms with E-state index in [0.717, 1.165) is 58.6 Å². The van der Waals surface area contributed by atoms with Crippen molar-refractivity contribution in [1.82, 2.24) is 0 Å². The van der Waals surface area contributed by atoms with Crippen molar-refractivity contribution in [3.8, 4) is 23.0 Å². The number of azo groups is 2. The van der Waals surface area contributed by atoms with Gasteiger partial charge in [-0.2, -0.15) is 20.5 Å². The van der Waals surface area contributed by atoms with Gasteiger partial charge in [0.2, 0.25) is 0 Å². The minimum Gasteiger partial charge on any atom is -0.494 e. The Labute approximate surface area is 350 Å². The predicted octanol–water partition coefficient (Wildman–Crippen LogP) is 10.9. The summed E-state index contributed by atoms with van der Waals surface area (Å²) in [4.78, 5) is 0. The molecule has 0 atom stereocenters. The molecule has 0 bridgehead atoms. The fourth-order valence-electron chi connectivity index (χ4n) is 4.91. The van der Waals surface area contributed by atoms with Crippen molar-refractivity contribution in [3.63, 3.8) is 0 Å². The van der Waals surface area contributed by atoms with Gasteiger partial charge in [0.05, 0.1) is 102 Å². The number of rotatable bonds is 32. The van der Waals surface area contributed by atoms with E-state index < -0.39 is 0 Å². The minimum absolute atomic E-state index is 0.435. The van der Waals surface area contributed by atoms with Gasteiger partial charge in [-0.1, -0.05) is 27.7 Å². The molecule has 0 N–H and O–H groups in total. The molecule has 4 aromatic rings. The summed E-state index contributed by atoms with van der Waals surface area (Å²) >= 11 is 0. The molecular formula is C46H62N4O9. The van der Waals surface area contributed by atoms with Crippen molar-refractivity contribution >= 4 is 22.7 Å². The fraction of sp³-hybridized carbons (Fsp3) is 0.478. The fourth-order valence-corrected chi connectivity index (χ4v) is 4.91. The quantitative estimate of drug-likeness (QED) is 0.0349. The summed E-state index contributed by atoms with van der Waals surface area (Å²) in [6.07, 6.45) is 2.05. The van der Waals surface area contributed by atoms with E-state index in [2.05, 4.69) is 48.2 Å². The molecule has 0 saturated carbocycles. The lowest BCUT2D eigenvalue weighted by atomic mass is 10.1. The summed E-state index contributed by atoms with van der Waals surface area (Å²) < 4.78 is 50.9. The zero-order chi connectivity index (χ0) is 41.6. The molecule has 0 aromatic heterocycles. The van der Waals surface area contributed by atoms with Gasteiger partial charge >= 0.3 is 0 Å². The standard InChI is InChI=1S/C46H62N4O9/c1-37(2)21-23-56-43-13-5-39(6-14-43)47-49-41-9-17-45(18-10-41)58-35-33-54-31-29-52-27-25-51-26-28-53-30-32-55-34-36-59-46-19-11-42(12-20-46)50-48-40-7-15-44(16-8-40)57-24-22-38(3)4/h5-20,37-38H,21-36H2,1-4H3. The van der Waals surface area contributed by atoms with Crippen LogP contribution in [0.15, 0.2) is 118 Å². The van der Waals surface area contributed by atoms with Crippen molar-refractivity contribution in [2.45, 2.75) is 40.5 Å². The van der Waals surface area contributed by atoms with Gasteiger partial charge < -0.3 is 42.6 Å². The van der Waals surface area contributed by atoms with E-state index >= 15 is 0 Å². The van der Waals surface area contributed by atoms with E-state index in [4.69, 9.17) is 42.6 Å². The lowest BCUT2D eigenvalue weighted by Gasteiger charge is -2.09. The lowest BCUT2D eigenvalue weighted by molar-refractivity contribution is -0.0141. The van der Waals surface area contributed by atoms with E-state index in [1.807, 2.05) is 97.1 Å². The second-order valence-corrected chi connectivity index (χ2v) is 14.2. The van der Waals surface area contributed by atoms with Crippen LogP contribution in [0.2, 0.25) is 0 Å². The number of hydrogen-bond acceptors (Lipinski definition) is 13. The first-order valence-electron chi connectivity index (χ1n) is 20.6. The molecule has 0 aliphatic rings. The molecule has 13 nitrogen and oxygen atoms in total. The monoisotopic (exact) mass is 814 g/mol. The summed E-state index contributed by atoms with van der Waals surface area (Å²) in [7, 11) is 0. The third-order valence-corrected chi connectivity index (χ3v) is 8.32. The SMILES string of the molecule is CC(C)CCOc1ccc(N=Nc2ccc(OCCOCCOCCOCCOCCOCCOc3ccc(N=Nc4ccc(OCCC(C)C)cc4)cc3)cc2)cc1. The number of benzene rings is 4. The Morgan fingerprint density at radius 3 is 0.712 bits per heavy atom. The number of ether oxygens (including phenoxy) is 9. The minimum atomic E-state index is 0.435. The average molecular weight is 815 g/mol. The molecule has 0 aliphatic heterocycles. The smallest absolute Gasteiger partial charge is 0.119 e. The summed E-state index contributed by atoms with van der Waals surface area (Å²) in [5, 5.41) is 17.2. The van der Waals surface area contributed by atoms with Crippen LogP contribution in [0.4, 0.5) is 22.7 Å². The van der Waals surface area contributed by atoms with Gasteiger partial charge in [0.25, 0.3) is 0 Å². The third kappa shape index (κ3) is 22.1. The van der Waals surface area contributed by atoms with E-state index in [1.54, 1.807) is 0 Å². The van der Waals surface area contributed by atoms with Crippen LogP contribution in [0, 0.1) is 11.8 Å². The van der Waals surface area contributed by atoms with E-state index in [9.17, 15) is 0 Å². The maximum atomic E-state index is 5.75. The first-order valence-corrected chi connectivity index (χ1v) is 20.6. The molecule has 0 amide bonds. The highest BCUT2D eigenvalue weighted by molar-refractivity contribution is 5.45. The first-order chi connectivity index (χ1) is 28.9. The Morgan fingerprint density at radius 1 is 0.288 bits per heavy atom. The average Bonchev–Trinajstić information content (AvgIpc) is 3.24. The third-order valence-electron chi connectivity index (χ3n) is 8.32. The molecule has 0 aliphatic carbocycles. The first kappa shape index (κ1) is 46.8. The Kier molecular flexibility index (Phi) is 23.2. The zero-order valence-electron chi connectivity index (χ0n) is 35.2. The van der Waals surface area contributed by atoms with Crippen molar-refractivity contribution in [2.75, 3.05) is 92.5 Å². The molecule has 13 heteroatoms. The van der Waals surface area contributed by atoms with E-state index in [0.29, 0.717) is 104 Å². The van der Waals surface area contributed by atoms with Crippen molar-refractivity contribution < 1.29 is 42.6 Å². The maximum absolute atomic E-state index is 5.75. The molecule has 0 unspecified atom stereocenters. The van der Waals surface area contributed by atoms with Crippen LogP contribution in [0.3, 0.4) is 0 Å². The second-order valence-electron chi connectivity index (χ2n) is 14.2. The topological polar surface area (TPSA) is 133 Å². The Balaban J connectivity index is 0.886. The highest BCUT2D eigenvalue weighted by Crippen LogP contribution is 2.25. The van der Waals surface area contributed by atoms with Crippen LogP contribution in [0.25, 0.3) is 0 Å². The van der Waals surface area contributed by atoms with E-state index in [-0.39, 0.29) is 0 Å². The van der Waals surface area contributed by atoms with Crippen LogP contribution >= 0.6 is 0 Å². The molecular weight excluding hydrogens is 753 g/mol.